The number of hydrogen-bond donors (Lipinski definition) is 4. The van der Waals surface area contributed by atoms with Crippen molar-refractivity contribution in [3.8, 4) is 0 Å². The van der Waals surface area contributed by atoms with Gasteiger partial charge in [0.2, 0.25) is 0 Å². The summed E-state index contributed by atoms with van der Waals surface area (Å²) in [6, 6.07) is 3.81. The van der Waals surface area contributed by atoms with E-state index in [9.17, 15) is 0 Å². The van der Waals surface area contributed by atoms with Crippen LogP contribution >= 0.6 is 0 Å². The standard InChI is InChI=1S/C11H18N2O3/c14-7-11(8-15,9-16)13-6-3-10-1-4-12-5-2-10/h1-2,4-5,13-16H,3,6-9H2. The van der Waals surface area contributed by atoms with Crippen molar-refractivity contribution < 1.29 is 15.3 Å². The highest BCUT2D eigenvalue weighted by atomic mass is 16.3. The van der Waals surface area contributed by atoms with Crippen molar-refractivity contribution in [1.29, 1.82) is 0 Å². The summed E-state index contributed by atoms with van der Waals surface area (Å²) in [4.78, 5) is 3.91. The molecule has 0 spiro atoms. The minimum absolute atomic E-state index is 0.295. The Kier molecular flexibility index (Phi) is 5.34. The van der Waals surface area contributed by atoms with Crippen LogP contribution in [0.5, 0.6) is 0 Å². The highest BCUT2D eigenvalue weighted by molar-refractivity contribution is 5.10. The zero-order valence-corrected chi connectivity index (χ0v) is 9.13. The number of nitrogens with zero attached hydrogens (tertiary/aromatic N) is 1. The Morgan fingerprint density at radius 1 is 1.06 bits per heavy atom. The number of hydrogen-bond acceptors (Lipinski definition) is 5. The van der Waals surface area contributed by atoms with E-state index in [0.29, 0.717) is 6.54 Å². The monoisotopic (exact) mass is 226 g/mol. The lowest BCUT2D eigenvalue weighted by molar-refractivity contribution is 0.0431. The van der Waals surface area contributed by atoms with Crippen LogP contribution in [0.4, 0.5) is 0 Å². The topological polar surface area (TPSA) is 85.6 Å². The Balaban J connectivity index is 2.39. The van der Waals surface area contributed by atoms with Gasteiger partial charge in [-0.05, 0) is 30.7 Å². The zero-order chi connectivity index (χ0) is 11.9. The fourth-order valence-electron chi connectivity index (χ4n) is 1.34. The Morgan fingerprint density at radius 3 is 2.12 bits per heavy atom. The third kappa shape index (κ3) is 3.53. The maximum Gasteiger partial charge on any atom is 0.0881 e. The van der Waals surface area contributed by atoms with Crippen LogP contribution in [-0.2, 0) is 6.42 Å². The Bertz CT molecular complexity index is 280. The number of aliphatic hydroxyl groups excluding tert-OH is 3. The summed E-state index contributed by atoms with van der Waals surface area (Å²) in [5.41, 5.74) is 0.123. The quantitative estimate of drug-likeness (QED) is 0.476. The van der Waals surface area contributed by atoms with Crippen LogP contribution in [0.2, 0.25) is 0 Å². The fourth-order valence-corrected chi connectivity index (χ4v) is 1.34. The van der Waals surface area contributed by atoms with Crippen LogP contribution in [-0.4, -0.2) is 52.2 Å². The van der Waals surface area contributed by atoms with Crippen molar-refractivity contribution in [1.82, 2.24) is 10.3 Å². The molecule has 1 aromatic rings. The average Bonchev–Trinajstić information content (AvgIpc) is 2.37. The smallest absolute Gasteiger partial charge is 0.0881 e. The lowest BCUT2D eigenvalue weighted by Gasteiger charge is -2.28. The van der Waals surface area contributed by atoms with Gasteiger partial charge >= 0.3 is 0 Å². The van der Waals surface area contributed by atoms with E-state index in [0.717, 1.165) is 12.0 Å². The van der Waals surface area contributed by atoms with Gasteiger partial charge in [-0.2, -0.15) is 0 Å². The number of nitrogens with one attached hydrogen (secondary N) is 1. The van der Waals surface area contributed by atoms with Gasteiger partial charge in [-0.15, -0.1) is 0 Å². The molecule has 0 radical (unpaired) electrons. The molecule has 0 saturated carbocycles. The summed E-state index contributed by atoms with van der Waals surface area (Å²) in [6.45, 7) is -0.311. The molecule has 0 bridgehead atoms. The Hall–Kier alpha value is -1.01. The van der Waals surface area contributed by atoms with Crippen molar-refractivity contribution in [2.24, 2.45) is 0 Å². The summed E-state index contributed by atoms with van der Waals surface area (Å²) in [5, 5.41) is 30.2. The van der Waals surface area contributed by atoms with Gasteiger partial charge in [0.05, 0.1) is 25.4 Å². The van der Waals surface area contributed by atoms with Gasteiger partial charge in [0.25, 0.3) is 0 Å². The number of rotatable bonds is 7. The predicted molar refractivity (Wildman–Crippen MR) is 59.9 cm³/mol. The van der Waals surface area contributed by atoms with Crippen LogP contribution < -0.4 is 5.32 Å². The fraction of sp³-hybridized carbons (Fsp3) is 0.545. The third-order valence-electron chi connectivity index (χ3n) is 2.57. The first-order chi connectivity index (χ1) is 7.76. The van der Waals surface area contributed by atoms with E-state index in [1.807, 2.05) is 12.1 Å². The first-order valence-corrected chi connectivity index (χ1v) is 5.23. The van der Waals surface area contributed by atoms with Gasteiger partial charge < -0.3 is 20.6 Å². The van der Waals surface area contributed by atoms with E-state index >= 15 is 0 Å². The second kappa shape index (κ2) is 6.55. The van der Waals surface area contributed by atoms with Gasteiger partial charge in [0.15, 0.2) is 0 Å². The summed E-state index contributed by atoms with van der Waals surface area (Å²) in [7, 11) is 0. The van der Waals surface area contributed by atoms with Crippen LogP contribution in [0.1, 0.15) is 5.56 Å². The second-order valence-electron chi connectivity index (χ2n) is 3.79. The van der Waals surface area contributed by atoms with Gasteiger partial charge in [0.1, 0.15) is 0 Å². The normalized spacial score (nSPS) is 11.7. The highest BCUT2D eigenvalue weighted by Gasteiger charge is 2.26. The van der Waals surface area contributed by atoms with E-state index < -0.39 is 5.54 Å². The molecular weight excluding hydrogens is 208 g/mol. The largest absolute Gasteiger partial charge is 0.394 e. The van der Waals surface area contributed by atoms with E-state index in [2.05, 4.69) is 10.3 Å². The first-order valence-electron chi connectivity index (χ1n) is 5.23. The predicted octanol–water partition coefficient (Wildman–Crippen LogP) is -1.07. The van der Waals surface area contributed by atoms with Crippen molar-refractivity contribution in [3.63, 3.8) is 0 Å². The maximum absolute atomic E-state index is 9.08. The molecule has 1 rings (SSSR count). The second-order valence-corrected chi connectivity index (χ2v) is 3.79. The summed E-state index contributed by atoms with van der Waals surface area (Å²) >= 11 is 0. The molecule has 5 nitrogen and oxygen atoms in total. The van der Waals surface area contributed by atoms with Crippen LogP contribution in [0, 0.1) is 0 Å². The lowest BCUT2D eigenvalue weighted by atomic mass is 10.0. The Morgan fingerprint density at radius 2 is 1.62 bits per heavy atom. The van der Waals surface area contributed by atoms with Crippen molar-refractivity contribution in [2.45, 2.75) is 12.0 Å². The minimum atomic E-state index is -0.993. The molecule has 0 unspecified atom stereocenters. The van der Waals surface area contributed by atoms with E-state index in [4.69, 9.17) is 15.3 Å². The SMILES string of the molecule is OCC(CO)(CO)NCCc1ccncc1. The molecule has 0 aliphatic carbocycles. The molecule has 0 saturated heterocycles. The first kappa shape index (κ1) is 13.1. The molecule has 4 N–H and O–H groups in total. The third-order valence-corrected chi connectivity index (χ3v) is 2.57. The van der Waals surface area contributed by atoms with E-state index in [1.165, 1.54) is 0 Å². The van der Waals surface area contributed by atoms with Gasteiger partial charge in [-0.25, -0.2) is 0 Å². The number of pyridine rings is 1. The van der Waals surface area contributed by atoms with E-state index in [1.54, 1.807) is 12.4 Å². The van der Waals surface area contributed by atoms with E-state index in [-0.39, 0.29) is 19.8 Å². The molecule has 5 heteroatoms. The van der Waals surface area contributed by atoms with Crippen LogP contribution in [0.25, 0.3) is 0 Å². The molecule has 0 fully saturated rings. The number of aliphatic hydroxyl groups is 3. The molecule has 0 aliphatic heterocycles. The average molecular weight is 226 g/mol. The molecule has 0 aliphatic rings. The maximum atomic E-state index is 9.08. The van der Waals surface area contributed by atoms with Crippen LogP contribution in [0.15, 0.2) is 24.5 Å². The van der Waals surface area contributed by atoms with Crippen molar-refractivity contribution in [2.75, 3.05) is 26.4 Å². The minimum Gasteiger partial charge on any atom is -0.394 e. The molecule has 0 atom stereocenters. The molecular formula is C11H18N2O3. The summed E-state index contributed by atoms with van der Waals surface area (Å²) < 4.78 is 0. The van der Waals surface area contributed by atoms with Crippen molar-refractivity contribution in [3.05, 3.63) is 30.1 Å². The van der Waals surface area contributed by atoms with Gasteiger partial charge in [0, 0.05) is 12.4 Å². The molecule has 1 heterocycles. The highest BCUT2D eigenvalue weighted by Crippen LogP contribution is 2.02. The Labute approximate surface area is 94.8 Å². The van der Waals surface area contributed by atoms with Gasteiger partial charge in [-0.3, -0.25) is 4.98 Å². The van der Waals surface area contributed by atoms with Crippen molar-refractivity contribution >= 4 is 0 Å². The lowest BCUT2D eigenvalue weighted by Crippen LogP contribution is -2.55. The molecule has 0 aromatic carbocycles. The molecule has 90 valence electrons. The summed E-state index contributed by atoms with van der Waals surface area (Å²) in [6.07, 6.45) is 4.18. The molecule has 0 amide bonds. The summed E-state index contributed by atoms with van der Waals surface area (Å²) in [5.74, 6) is 0. The van der Waals surface area contributed by atoms with Gasteiger partial charge in [-0.1, -0.05) is 0 Å². The van der Waals surface area contributed by atoms with Crippen LogP contribution in [0.3, 0.4) is 0 Å². The zero-order valence-electron chi connectivity index (χ0n) is 9.13. The number of aromatic nitrogens is 1. The molecule has 16 heavy (non-hydrogen) atoms. The molecule has 1 aromatic heterocycles.